The monoisotopic (exact) mass is 327 g/mol. The molecular weight excluding hydrogens is 304 g/mol. The van der Waals surface area contributed by atoms with Crippen molar-refractivity contribution < 1.29 is 23.0 Å². The number of rotatable bonds is 9. The Morgan fingerprint density at radius 2 is 1.83 bits per heavy atom. The number of nitrogens with one attached hydrogen (secondary N) is 1. The van der Waals surface area contributed by atoms with Crippen LogP contribution in [0.4, 0.5) is 8.78 Å². The van der Waals surface area contributed by atoms with Crippen molar-refractivity contribution in [3.8, 4) is 11.5 Å². The van der Waals surface area contributed by atoms with Crippen LogP contribution in [-0.2, 0) is 0 Å². The minimum Gasteiger partial charge on any atom is -0.395 e. The second-order valence-electron chi connectivity index (χ2n) is 5.83. The highest BCUT2D eigenvalue weighted by atomic mass is 19.3. The minimum atomic E-state index is -3.66. The van der Waals surface area contributed by atoms with Gasteiger partial charge in [0.25, 0.3) is 0 Å². The molecule has 128 valence electrons. The Morgan fingerprint density at radius 1 is 1.17 bits per heavy atom. The van der Waals surface area contributed by atoms with E-state index in [-0.39, 0.29) is 23.8 Å². The fourth-order valence-electron chi connectivity index (χ4n) is 2.78. The maximum atomic E-state index is 13.0. The Kier molecular flexibility index (Phi) is 5.93. The van der Waals surface area contributed by atoms with Crippen molar-refractivity contribution in [1.29, 1.82) is 0 Å². The molecule has 0 fully saturated rings. The quantitative estimate of drug-likeness (QED) is 0.697. The summed E-state index contributed by atoms with van der Waals surface area (Å²) in [6.45, 7) is 5.27. The number of carbonyl (C=O) groups excluding carboxylic acids is 1. The van der Waals surface area contributed by atoms with Gasteiger partial charge in [-0.1, -0.05) is 26.7 Å². The zero-order valence-electron chi connectivity index (χ0n) is 13.5. The van der Waals surface area contributed by atoms with Crippen LogP contribution in [0.3, 0.4) is 0 Å². The molecule has 0 saturated carbocycles. The van der Waals surface area contributed by atoms with E-state index in [2.05, 4.69) is 28.6 Å². The largest absolute Gasteiger partial charge is 0.586 e. The molecule has 0 radical (unpaired) electrons. The predicted molar refractivity (Wildman–Crippen MR) is 83.2 cm³/mol. The second-order valence-corrected chi connectivity index (χ2v) is 5.83. The number of Topliss-reactive ketones (excluding diaryl/α,β-unsaturated/α-hetero) is 1. The molecule has 1 aliphatic heterocycles. The van der Waals surface area contributed by atoms with Crippen molar-refractivity contribution in [3.63, 3.8) is 0 Å². The second kappa shape index (κ2) is 7.73. The van der Waals surface area contributed by atoms with Crippen molar-refractivity contribution in [3.05, 3.63) is 23.8 Å². The van der Waals surface area contributed by atoms with Crippen LogP contribution in [0, 0.1) is 5.92 Å². The topological polar surface area (TPSA) is 47.6 Å². The maximum Gasteiger partial charge on any atom is 0.586 e. The molecule has 0 unspecified atom stereocenters. The summed E-state index contributed by atoms with van der Waals surface area (Å²) in [4.78, 5) is 12.2. The number of ether oxygens (including phenoxy) is 2. The molecular formula is C17H23F2NO3. The maximum absolute atomic E-state index is 13.0. The van der Waals surface area contributed by atoms with Gasteiger partial charge in [-0.15, -0.1) is 8.78 Å². The highest BCUT2D eigenvalue weighted by Crippen LogP contribution is 2.41. The number of carbonyl (C=O) groups is 1. The van der Waals surface area contributed by atoms with E-state index in [1.54, 1.807) is 0 Å². The third kappa shape index (κ3) is 4.89. The molecule has 0 atom stereocenters. The van der Waals surface area contributed by atoms with Crippen LogP contribution in [0.15, 0.2) is 18.2 Å². The summed E-state index contributed by atoms with van der Waals surface area (Å²) in [6, 6.07) is 4.11. The number of fused-ring (bicyclic) bond motifs is 1. The van der Waals surface area contributed by atoms with Gasteiger partial charge >= 0.3 is 6.29 Å². The highest BCUT2D eigenvalue weighted by Gasteiger charge is 2.43. The Morgan fingerprint density at radius 3 is 2.48 bits per heavy atom. The van der Waals surface area contributed by atoms with E-state index in [9.17, 15) is 13.6 Å². The van der Waals surface area contributed by atoms with Gasteiger partial charge in [0.1, 0.15) is 0 Å². The van der Waals surface area contributed by atoms with Gasteiger partial charge in [0.05, 0.1) is 6.54 Å². The summed E-state index contributed by atoms with van der Waals surface area (Å²) in [5.41, 5.74) is 0.333. The lowest BCUT2D eigenvalue weighted by Gasteiger charge is -2.15. The number of ketones is 1. The summed E-state index contributed by atoms with van der Waals surface area (Å²) in [7, 11) is 0. The zero-order valence-corrected chi connectivity index (χ0v) is 13.5. The number of benzene rings is 1. The van der Waals surface area contributed by atoms with Gasteiger partial charge in [0, 0.05) is 5.56 Å². The average Bonchev–Trinajstić information content (AvgIpc) is 2.80. The van der Waals surface area contributed by atoms with Gasteiger partial charge in [0.2, 0.25) is 0 Å². The number of halogens is 2. The molecule has 0 aromatic heterocycles. The molecule has 1 aliphatic rings. The summed E-state index contributed by atoms with van der Waals surface area (Å²) >= 11 is 0. The molecule has 6 heteroatoms. The Bertz CT molecular complexity index is 543. The lowest BCUT2D eigenvalue weighted by Crippen LogP contribution is -2.28. The summed E-state index contributed by atoms with van der Waals surface area (Å²) < 4.78 is 34.6. The molecule has 1 N–H and O–H groups in total. The van der Waals surface area contributed by atoms with Crippen LogP contribution in [0.25, 0.3) is 0 Å². The van der Waals surface area contributed by atoms with Crippen molar-refractivity contribution in [2.75, 3.05) is 13.1 Å². The molecule has 23 heavy (non-hydrogen) atoms. The van der Waals surface area contributed by atoms with Gasteiger partial charge in [0.15, 0.2) is 17.3 Å². The number of hydrogen-bond donors (Lipinski definition) is 1. The lowest BCUT2D eigenvalue weighted by molar-refractivity contribution is -0.286. The normalized spacial score (nSPS) is 15.2. The molecule has 0 bridgehead atoms. The van der Waals surface area contributed by atoms with Crippen LogP contribution in [0.5, 0.6) is 11.5 Å². The Balaban J connectivity index is 1.87. The van der Waals surface area contributed by atoms with Gasteiger partial charge in [-0.05, 0) is 43.5 Å². The minimum absolute atomic E-state index is 0.0505. The third-order valence-corrected chi connectivity index (χ3v) is 3.84. The predicted octanol–water partition coefficient (Wildman–Crippen LogP) is 4.00. The fraction of sp³-hybridized carbons (Fsp3) is 0.588. The molecule has 0 aliphatic carbocycles. The SMILES string of the molecule is CCCC(CCC)CNCC(=O)c1ccc2c(c1)OC(F)(F)O2. The first-order valence-corrected chi connectivity index (χ1v) is 8.09. The van der Waals surface area contributed by atoms with Crippen LogP contribution in [0.2, 0.25) is 0 Å². The Labute approximate surface area is 135 Å². The van der Waals surface area contributed by atoms with Gasteiger partial charge < -0.3 is 14.8 Å². The number of alkyl halides is 2. The van der Waals surface area contributed by atoms with E-state index < -0.39 is 6.29 Å². The van der Waals surface area contributed by atoms with Gasteiger partial charge in [-0.25, -0.2) is 0 Å². The van der Waals surface area contributed by atoms with Crippen molar-refractivity contribution in [2.24, 2.45) is 5.92 Å². The summed E-state index contributed by atoms with van der Waals surface area (Å²) in [5, 5.41) is 3.17. The average molecular weight is 327 g/mol. The third-order valence-electron chi connectivity index (χ3n) is 3.84. The molecule has 0 saturated heterocycles. The van der Waals surface area contributed by atoms with Crippen LogP contribution < -0.4 is 14.8 Å². The molecule has 1 aromatic carbocycles. The molecule has 2 rings (SSSR count). The Hall–Kier alpha value is -1.69. The smallest absolute Gasteiger partial charge is 0.395 e. The first-order valence-electron chi connectivity index (χ1n) is 8.09. The molecule has 0 spiro atoms. The van der Waals surface area contributed by atoms with Crippen molar-refractivity contribution >= 4 is 5.78 Å². The number of hydrogen-bond acceptors (Lipinski definition) is 4. The van der Waals surface area contributed by atoms with E-state index in [4.69, 9.17) is 0 Å². The molecule has 1 heterocycles. The lowest BCUT2D eigenvalue weighted by atomic mass is 9.98. The first kappa shape index (κ1) is 17.7. The zero-order chi connectivity index (χ0) is 16.9. The van der Waals surface area contributed by atoms with Gasteiger partial charge in [-0.3, -0.25) is 4.79 Å². The summed E-state index contributed by atoms with van der Waals surface area (Å²) in [5.74, 6) is 0.257. The molecule has 4 nitrogen and oxygen atoms in total. The molecule has 1 aromatic rings. The van der Waals surface area contributed by atoms with E-state index in [1.165, 1.54) is 18.2 Å². The van der Waals surface area contributed by atoms with E-state index in [0.717, 1.165) is 32.2 Å². The fourth-order valence-corrected chi connectivity index (χ4v) is 2.78. The van der Waals surface area contributed by atoms with Gasteiger partial charge in [-0.2, -0.15) is 0 Å². The van der Waals surface area contributed by atoms with Crippen molar-refractivity contribution in [1.82, 2.24) is 5.32 Å². The highest BCUT2D eigenvalue weighted by molar-refractivity contribution is 5.98. The van der Waals surface area contributed by atoms with E-state index in [0.29, 0.717) is 11.5 Å². The van der Waals surface area contributed by atoms with E-state index in [1.807, 2.05) is 0 Å². The van der Waals surface area contributed by atoms with E-state index >= 15 is 0 Å². The molecule has 0 amide bonds. The standard InChI is InChI=1S/C17H23F2NO3/c1-3-5-12(6-4-2)10-20-11-14(21)13-7-8-15-16(9-13)23-17(18,19)22-15/h7-9,12,20H,3-6,10-11H2,1-2H3. The summed E-state index contributed by atoms with van der Waals surface area (Å²) in [6.07, 6.45) is 0.853. The van der Waals surface area contributed by atoms with Crippen LogP contribution in [0.1, 0.15) is 49.9 Å². The first-order chi connectivity index (χ1) is 10.9. The van der Waals surface area contributed by atoms with Crippen LogP contribution >= 0.6 is 0 Å². The van der Waals surface area contributed by atoms with Crippen LogP contribution in [-0.4, -0.2) is 25.2 Å². The van der Waals surface area contributed by atoms with Crippen molar-refractivity contribution in [2.45, 2.75) is 45.8 Å².